The SMILES string of the molecule is CC1(C)CC(=O)c2c(C(F)(F)F)nn(-c3ccc(C(N)=O)c(N[C@H]4CC[C@H](O)CC4)c3)c2C1. The Labute approximate surface area is 189 Å². The predicted octanol–water partition coefficient (Wildman–Crippen LogP) is 3.86. The molecule has 2 aliphatic rings. The van der Waals surface area contributed by atoms with Gasteiger partial charge in [0.25, 0.3) is 5.91 Å². The number of benzene rings is 1. The summed E-state index contributed by atoms with van der Waals surface area (Å²) in [7, 11) is 0. The highest BCUT2D eigenvalue weighted by Gasteiger charge is 2.45. The predicted molar refractivity (Wildman–Crippen MR) is 115 cm³/mol. The van der Waals surface area contributed by atoms with Crippen LogP contribution in [0.1, 0.15) is 78.1 Å². The summed E-state index contributed by atoms with van der Waals surface area (Å²) in [5.41, 5.74) is 4.55. The van der Waals surface area contributed by atoms with Crippen LogP contribution in [-0.4, -0.2) is 38.7 Å². The largest absolute Gasteiger partial charge is 0.435 e. The minimum atomic E-state index is -4.77. The average molecular weight is 464 g/mol. The Morgan fingerprint density at radius 2 is 1.88 bits per heavy atom. The van der Waals surface area contributed by atoms with Gasteiger partial charge >= 0.3 is 6.18 Å². The third kappa shape index (κ3) is 4.62. The number of anilines is 1. The van der Waals surface area contributed by atoms with Crippen molar-refractivity contribution in [2.75, 3.05) is 5.32 Å². The molecule has 0 aliphatic heterocycles. The number of fused-ring (bicyclic) bond motifs is 1. The molecule has 178 valence electrons. The lowest BCUT2D eigenvalue weighted by atomic mass is 9.75. The number of halogens is 3. The first kappa shape index (κ1) is 23.3. The van der Waals surface area contributed by atoms with Crippen molar-refractivity contribution in [1.29, 1.82) is 0 Å². The number of alkyl halides is 3. The van der Waals surface area contributed by atoms with E-state index in [0.29, 0.717) is 37.1 Å². The zero-order chi connectivity index (χ0) is 24.1. The Morgan fingerprint density at radius 1 is 1.21 bits per heavy atom. The second-order valence-electron chi connectivity index (χ2n) is 9.76. The molecule has 0 atom stereocenters. The van der Waals surface area contributed by atoms with E-state index in [-0.39, 0.29) is 41.8 Å². The normalized spacial score (nSPS) is 22.7. The number of ketones is 1. The lowest BCUT2D eigenvalue weighted by Gasteiger charge is -2.29. The van der Waals surface area contributed by atoms with Gasteiger partial charge < -0.3 is 16.2 Å². The summed E-state index contributed by atoms with van der Waals surface area (Å²) in [5.74, 6) is -1.25. The first-order chi connectivity index (χ1) is 15.4. The van der Waals surface area contributed by atoms with E-state index in [9.17, 15) is 27.9 Å². The first-order valence-electron chi connectivity index (χ1n) is 11.0. The van der Waals surface area contributed by atoms with Crippen molar-refractivity contribution in [3.63, 3.8) is 0 Å². The minimum Gasteiger partial charge on any atom is -0.393 e. The van der Waals surface area contributed by atoms with Crippen molar-refractivity contribution in [2.24, 2.45) is 11.1 Å². The van der Waals surface area contributed by atoms with Gasteiger partial charge in [0.2, 0.25) is 0 Å². The van der Waals surface area contributed by atoms with Gasteiger partial charge in [0, 0.05) is 18.2 Å². The molecule has 1 amide bonds. The number of carbonyl (C=O) groups is 2. The fourth-order valence-electron chi connectivity index (χ4n) is 4.80. The number of nitrogens with zero attached hydrogens (tertiary/aromatic N) is 2. The van der Waals surface area contributed by atoms with Gasteiger partial charge in [-0.25, -0.2) is 4.68 Å². The average Bonchev–Trinajstić information content (AvgIpc) is 3.08. The molecule has 2 aliphatic carbocycles. The van der Waals surface area contributed by atoms with E-state index in [1.54, 1.807) is 6.07 Å². The number of aliphatic hydroxyl groups is 1. The number of amides is 1. The molecule has 7 nitrogen and oxygen atoms in total. The third-order valence-corrected chi connectivity index (χ3v) is 6.38. The number of primary amides is 1. The van der Waals surface area contributed by atoms with E-state index in [4.69, 9.17) is 5.73 Å². The number of hydrogen-bond acceptors (Lipinski definition) is 5. The van der Waals surface area contributed by atoms with Gasteiger partial charge in [-0.2, -0.15) is 18.3 Å². The number of nitrogens with two attached hydrogens (primary N) is 1. The van der Waals surface area contributed by atoms with Crippen molar-refractivity contribution in [2.45, 2.75) is 70.7 Å². The summed E-state index contributed by atoms with van der Waals surface area (Å²) in [6.45, 7) is 3.66. The van der Waals surface area contributed by atoms with Crippen molar-refractivity contribution < 1.29 is 27.9 Å². The van der Waals surface area contributed by atoms with Gasteiger partial charge in [-0.05, 0) is 55.7 Å². The van der Waals surface area contributed by atoms with Crippen molar-refractivity contribution in [1.82, 2.24) is 9.78 Å². The standard InChI is InChI=1S/C23H27F3N4O3/c1-22(2)10-17-19(18(32)11-22)20(23(24,25)26)29-30(17)13-5-8-15(21(27)33)16(9-13)28-12-3-6-14(31)7-4-12/h5,8-9,12,14,28,31H,3-4,6-7,10-11H2,1-2H3,(H2,27,33)/t12-,14-. The van der Waals surface area contributed by atoms with Crippen LogP contribution in [0.3, 0.4) is 0 Å². The topological polar surface area (TPSA) is 110 Å². The highest BCUT2D eigenvalue weighted by Crippen LogP contribution is 2.42. The molecule has 1 saturated carbocycles. The van der Waals surface area contributed by atoms with Gasteiger partial charge in [0.1, 0.15) is 0 Å². The van der Waals surface area contributed by atoms with Crippen LogP contribution >= 0.6 is 0 Å². The van der Waals surface area contributed by atoms with Gasteiger partial charge in [0.15, 0.2) is 11.5 Å². The molecule has 1 fully saturated rings. The Hall–Kier alpha value is -2.88. The lowest BCUT2D eigenvalue weighted by molar-refractivity contribution is -0.141. The van der Waals surface area contributed by atoms with Crippen molar-refractivity contribution in [3.8, 4) is 5.69 Å². The highest BCUT2D eigenvalue weighted by molar-refractivity contribution is 6.00. The molecule has 0 radical (unpaired) electrons. The third-order valence-electron chi connectivity index (χ3n) is 6.38. The number of hydrogen-bond donors (Lipinski definition) is 3. The fraction of sp³-hybridized carbons (Fsp3) is 0.522. The van der Waals surface area contributed by atoms with Crippen LogP contribution in [0.4, 0.5) is 18.9 Å². The number of aliphatic hydroxyl groups excluding tert-OH is 1. The van der Waals surface area contributed by atoms with E-state index in [1.165, 1.54) is 12.1 Å². The summed E-state index contributed by atoms with van der Waals surface area (Å²) in [6, 6.07) is 4.47. The molecular weight excluding hydrogens is 437 g/mol. The monoisotopic (exact) mass is 464 g/mol. The van der Waals surface area contributed by atoms with Crippen LogP contribution in [0.25, 0.3) is 5.69 Å². The number of rotatable bonds is 4. The van der Waals surface area contributed by atoms with Crippen molar-refractivity contribution in [3.05, 3.63) is 40.7 Å². The summed E-state index contributed by atoms with van der Waals surface area (Å²) in [4.78, 5) is 24.7. The second kappa shape index (κ2) is 8.16. The number of Topliss-reactive ketones (excluding diaryl/α,β-unsaturated/α-hetero) is 1. The molecule has 4 N–H and O–H groups in total. The van der Waals surface area contributed by atoms with Crippen LogP contribution in [0, 0.1) is 5.41 Å². The van der Waals surface area contributed by atoms with Crippen LogP contribution in [0.2, 0.25) is 0 Å². The van der Waals surface area contributed by atoms with E-state index in [1.807, 2.05) is 13.8 Å². The molecule has 10 heteroatoms. The molecule has 33 heavy (non-hydrogen) atoms. The summed E-state index contributed by atoms with van der Waals surface area (Å²) in [6.07, 6.45) is -2.28. The van der Waals surface area contributed by atoms with Crippen LogP contribution in [0.5, 0.6) is 0 Å². The smallest absolute Gasteiger partial charge is 0.393 e. The Kier molecular flexibility index (Phi) is 5.76. The van der Waals surface area contributed by atoms with Crippen LogP contribution in [0.15, 0.2) is 18.2 Å². The zero-order valence-corrected chi connectivity index (χ0v) is 18.5. The maximum Gasteiger partial charge on any atom is 0.435 e. The van der Waals surface area contributed by atoms with E-state index >= 15 is 0 Å². The Bertz CT molecular complexity index is 1100. The van der Waals surface area contributed by atoms with Crippen molar-refractivity contribution >= 4 is 17.4 Å². The van der Waals surface area contributed by atoms with Gasteiger partial charge in [-0.3, -0.25) is 9.59 Å². The fourth-order valence-corrected chi connectivity index (χ4v) is 4.80. The summed E-state index contributed by atoms with van der Waals surface area (Å²) < 4.78 is 42.4. The number of aromatic nitrogens is 2. The molecule has 0 spiro atoms. The highest BCUT2D eigenvalue weighted by atomic mass is 19.4. The Balaban J connectivity index is 1.81. The number of nitrogens with one attached hydrogen (secondary N) is 1. The zero-order valence-electron chi connectivity index (χ0n) is 18.5. The molecule has 4 rings (SSSR count). The quantitative estimate of drug-likeness (QED) is 0.637. The second-order valence-corrected chi connectivity index (χ2v) is 9.76. The van der Waals surface area contributed by atoms with E-state index in [0.717, 1.165) is 4.68 Å². The van der Waals surface area contributed by atoms with E-state index < -0.39 is 29.0 Å². The number of carbonyl (C=O) groups excluding carboxylic acids is 2. The first-order valence-corrected chi connectivity index (χ1v) is 11.0. The molecule has 2 aromatic rings. The molecule has 0 saturated heterocycles. The summed E-state index contributed by atoms with van der Waals surface area (Å²) in [5, 5.41) is 16.8. The van der Waals surface area contributed by atoms with Gasteiger partial charge in [-0.15, -0.1) is 0 Å². The lowest BCUT2D eigenvalue weighted by Crippen LogP contribution is -2.29. The van der Waals surface area contributed by atoms with Crippen LogP contribution < -0.4 is 11.1 Å². The van der Waals surface area contributed by atoms with Gasteiger partial charge in [-0.1, -0.05) is 13.8 Å². The van der Waals surface area contributed by atoms with E-state index in [2.05, 4.69) is 10.4 Å². The molecule has 0 bridgehead atoms. The van der Waals surface area contributed by atoms with Crippen LogP contribution in [-0.2, 0) is 12.6 Å². The Morgan fingerprint density at radius 3 is 2.48 bits per heavy atom. The minimum absolute atomic E-state index is 0.00965. The molecule has 1 aromatic carbocycles. The maximum absolute atomic E-state index is 13.7. The van der Waals surface area contributed by atoms with Gasteiger partial charge in [0.05, 0.1) is 28.6 Å². The maximum atomic E-state index is 13.7. The molecule has 1 heterocycles. The molecular formula is C23H27F3N4O3. The molecule has 1 aromatic heterocycles. The molecule has 0 unspecified atom stereocenters. The summed E-state index contributed by atoms with van der Waals surface area (Å²) >= 11 is 0.